The van der Waals surface area contributed by atoms with Crippen molar-refractivity contribution in [2.75, 3.05) is 21.0 Å². The molecule has 3 heterocycles. The number of benzene rings is 2. The van der Waals surface area contributed by atoms with Crippen LogP contribution in [0.5, 0.6) is 17.2 Å². The molecule has 1 aromatic heterocycles. The molecule has 0 bridgehead atoms. The number of methoxy groups -OCH3 is 2. The Labute approximate surface area is 213 Å². The summed E-state index contributed by atoms with van der Waals surface area (Å²) in [5.74, 6) is 0.939. The van der Waals surface area contributed by atoms with Crippen molar-refractivity contribution in [3.05, 3.63) is 82.5 Å². The maximum absolute atomic E-state index is 13.7. The second-order valence-electron chi connectivity index (χ2n) is 7.69. The highest BCUT2D eigenvalue weighted by Gasteiger charge is 2.35. The van der Waals surface area contributed by atoms with Crippen LogP contribution in [0.25, 0.3) is 6.08 Å². The number of esters is 1. The first-order valence-electron chi connectivity index (χ1n) is 10.4. The van der Waals surface area contributed by atoms with Crippen LogP contribution in [0.3, 0.4) is 0 Å². The third kappa shape index (κ3) is 3.99. The average molecular weight is 533 g/mol. The van der Waals surface area contributed by atoms with Gasteiger partial charge in [-0.15, -0.1) is 0 Å². The monoisotopic (exact) mass is 532 g/mol. The normalized spacial score (nSPS) is 16.7. The fraction of sp³-hybridized carbons (Fsp3) is 0.208. The van der Waals surface area contributed by atoms with E-state index in [2.05, 4.69) is 4.99 Å². The molecule has 2 aliphatic heterocycles. The van der Waals surface area contributed by atoms with Gasteiger partial charge in [0.05, 0.1) is 35.0 Å². The number of allylic oxidation sites excluding steroid dienone is 1. The number of carbonyl (C=O) groups is 1. The topological polar surface area (TPSA) is 88.4 Å². The molecule has 3 aromatic rings. The van der Waals surface area contributed by atoms with Crippen molar-refractivity contribution < 1.29 is 23.7 Å². The summed E-state index contributed by atoms with van der Waals surface area (Å²) in [4.78, 5) is 31.5. The molecular weight excluding hydrogens is 515 g/mol. The Hall–Kier alpha value is -3.27. The molecule has 0 saturated heterocycles. The van der Waals surface area contributed by atoms with E-state index >= 15 is 0 Å². The lowest BCUT2D eigenvalue weighted by Gasteiger charge is -2.25. The fourth-order valence-electron chi connectivity index (χ4n) is 4.09. The van der Waals surface area contributed by atoms with Crippen LogP contribution >= 0.6 is 34.5 Å². The van der Waals surface area contributed by atoms with Gasteiger partial charge in [0.25, 0.3) is 5.56 Å². The first-order valence-corrected chi connectivity index (χ1v) is 11.9. The Kier molecular flexibility index (Phi) is 6.08. The highest BCUT2D eigenvalue weighted by molar-refractivity contribution is 7.07. The number of nitrogens with zero attached hydrogens (tertiary/aromatic N) is 2. The molecule has 0 unspecified atom stereocenters. The number of ether oxygens (including phenoxy) is 4. The Balaban J connectivity index is 1.77. The highest BCUT2D eigenvalue weighted by Crippen LogP contribution is 2.38. The number of hydrogen-bond donors (Lipinski definition) is 0. The fourth-order valence-corrected chi connectivity index (χ4v) is 5.52. The predicted octanol–water partition coefficient (Wildman–Crippen LogP) is 3.45. The lowest BCUT2D eigenvalue weighted by Crippen LogP contribution is -2.40. The molecule has 0 N–H and O–H groups in total. The van der Waals surface area contributed by atoms with Gasteiger partial charge in [0.1, 0.15) is 11.8 Å². The summed E-state index contributed by atoms with van der Waals surface area (Å²) in [6.45, 7) is 1.80. The first-order chi connectivity index (χ1) is 16.8. The Morgan fingerprint density at radius 1 is 1.20 bits per heavy atom. The smallest absolute Gasteiger partial charge is 0.338 e. The number of fused-ring (bicyclic) bond motifs is 2. The van der Waals surface area contributed by atoms with E-state index in [4.69, 9.17) is 42.1 Å². The van der Waals surface area contributed by atoms with Crippen LogP contribution in [-0.2, 0) is 9.53 Å². The summed E-state index contributed by atoms with van der Waals surface area (Å²) < 4.78 is 23.2. The van der Waals surface area contributed by atoms with Crippen molar-refractivity contribution in [1.29, 1.82) is 0 Å². The second kappa shape index (κ2) is 9.07. The third-order valence-corrected chi connectivity index (χ3v) is 7.24. The van der Waals surface area contributed by atoms with E-state index in [9.17, 15) is 9.59 Å². The van der Waals surface area contributed by atoms with E-state index in [0.29, 0.717) is 53.5 Å². The zero-order chi connectivity index (χ0) is 24.9. The van der Waals surface area contributed by atoms with E-state index < -0.39 is 12.0 Å². The Morgan fingerprint density at radius 3 is 2.66 bits per heavy atom. The molecule has 2 aromatic carbocycles. The van der Waals surface area contributed by atoms with Gasteiger partial charge >= 0.3 is 5.97 Å². The molecule has 0 aliphatic carbocycles. The van der Waals surface area contributed by atoms with Gasteiger partial charge in [0, 0.05) is 16.7 Å². The van der Waals surface area contributed by atoms with Crippen LogP contribution in [0.15, 0.2) is 51.4 Å². The van der Waals surface area contributed by atoms with E-state index in [1.807, 2.05) is 0 Å². The van der Waals surface area contributed by atoms with Gasteiger partial charge in [-0.3, -0.25) is 9.36 Å². The van der Waals surface area contributed by atoms with Gasteiger partial charge < -0.3 is 18.9 Å². The first kappa shape index (κ1) is 23.5. The van der Waals surface area contributed by atoms with Crippen molar-refractivity contribution in [3.63, 3.8) is 0 Å². The van der Waals surface area contributed by atoms with Crippen LogP contribution in [0.2, 0.25) is 10.0 Å². The minimum absolute atomic E-state index is 0.106. The maximum atomic E-state index is 13.7. The van der Waals surface area contributed by atoms with E-state index in [-0.39, 0.29) is 17.9 Å². The molecule has 0 amide bonds. The third-order valence-electron chi connectivity index (χ3n) is 5.69. The molecule has 0 spiro atoms. The van der Waals surface area contributed by atoms with Crippen LogP contribution in [-0.4, -0.2) is 31.5 Å². The molecule has 11 heteroatoms. The molecule has 180 valence electrons. The lowest BCUT2D eigenvalue weighted by atomic mass is 9.95. The number of halogens is 2. The summed E-state index contributed by atoms with van der Waals surface area (Å²) in [7, 11) is 2.79. The molecule has 8 nitrogen and oxygen atoms in total. The van der Waals surface area contributed by atoms with Crippen molar-refractivity contribution in [2.24, 2.45) is 4.99 Å². The second-order valence-corrected chi connectivity index (χ2v) is 9.54. The largest absolute Gasteiger partial charge is 0.496 e. The number of hydrogen-bond acceptors (Lipinski definition) is 8. The van der Waals surface area contributed by atoms with E-state index in [0.717, 1.165) is 0 Å². The molecule has 0 radical (unpaired) electrons. The highest BCUT2D eigenvalue weighted by atomic mass is 35.5. The Bertz CT molecular complexity index is 1590. The van der Waals surface area contributed by atoms with Crippen molar-refractivity contribution >= 4 is 46.6 Å². The lowest BCUT2D eigenvalue weighted by molar-refractivity contribution is -0.136. The van der Waals surface area contributed by atoms with Crippen molar-refractivity contribution in [1.82, 2.24) is 4.57 Å². The van der Waals surface area contributed by atoms with Crippen molar-refractivity contribution in [3.8, 4) is 17.2 Å². The average Bonchev–Trinajstić information content (AvgIpc) is 3.41. The number of aromatic nitrogens is 1. The molecule has 0 fully saturated rings. The van der Waals surface area contributed by atoms with E-state index in [1.54, 1.807) is 43.3 Å². The molecular formula is C24H18Cl2N2O6S. The summed E-state index contributed by atoms with van der Waals surface area (Å²) in [6.07, 6.45) is 1.66. The zero-order valence-electron chi connectivity index (χ0n) is 18.8. The number of rotatable bonds is 4. The maximum Gasteiger partial charge on any atom is 0.338 e. The molecule has 5 rings (SSSR count). The van der Waals surface area contributed by atoms with Gasteiger partial charge in [0.15, 0.2) is 16.3 Å². The van der Waals surface area contributed by atoms with Crippen LogP contribution < -0.4 is 29.1 Å². The summed E-state index contributed by atoms with van der Waals surface area (Å²) in [5.41, 5.74) is 1.40. The molecule has 1 atom stereocenters. The summed E-state index contributed by atoms with van der Waals surface area (Å²) in [5, 5.41) is 0.827. The van der Waals surface area contributed by atoms with Gasteiger partial charge in [-0.25, -0.2) is 9.79 Å². The van der Waals surface area contributed by atoms with Gasteiger partial charge in [0.2, 0.25) is 6.79 Å². The Morgan fingerprint density at radius 2 is 1.94 bits per heavy atom. The van der Waals surface area contributed by atoms with Gasteiger partial charge in [-0.1, -0.05) is 34.5 Å². The van der Waals surface area contributed by atoms with Crippen LogP contribution in [0, 0.1) is 0 Å². The minimum Gasteiger partial charge on any atom is -0.496 e. The molecule has 35 heavy (non-hydrogen) atoms. The predicted molar refractivity (Wildman–Crippen MR) is 131 cm³/mol. The zero-order valence-corrected chi connectivity index (χ0v) is 21.1. The summed E-state index contributed by atoms with van der Waals surface area (Å²) >= 11 is 13.9. The van der Waals surface area contributed by atoms with E-state index in [1.165, 1.54) is 30.1 Å². The SMILES string of the molecule is COC(=O)C1=C(C)N=c2s/c(=C\c3cc4c(cc3Cl)OCO4)c(=O)n2[C@@H]1c1cc(Cl)ccc1OC. The van der Waals surface area contributed by atoms with Crippen molar-refractivity contribution in [2.45, 2.75) is 13.0 Å². The standard InChI is InChI=1S/C24H18Cl2N2O6S/c1-11-20(23(30)32-3)21(14-8-13(25)4-5-16(14)31-2)28-22(29)19(35-24(28)27-11)7-12-6-17-18(9-15(12)26)34-10-33-17/h4-9,21H,10H2,1-3H3/b19-7-/t21-/m1/s1. The van der Waals surface area contributed by atoms with Crippen LogP contribution in [0.1, 0.15) is 24.1 Å². The molecule has 2 aliphatic rings. The quantitative estimate of drug-likeness (QED) is 0.478. The minimum atomic E-state index is -0.860. The number of thiazole rings is 1. The van der Waals surface area contributed by atoms with Gasteiger partial charge in [-0.2, -0.15) is 0 Å². The number of carbonyl (C=O) groups excluding carboxylic acids is 1. The molecule has 0 saturated carbocycles. The van der Waals surface area contributed by atoms with Gasteiger partial charge in [-0.05, 0) is 42.8 Å². The summed E-state index contributed by atoms with van der Waals surface area (Å²) in [6, 6.07) is 7.52. The van der Waals surface area contributed by atoms with Crippen LogP contribution in [0.4, 0.5) is 0 Å².